The third-order valence-corrected chi connectivity index (χ3v) is 3.37. The second kappa shape index (κ2) is 4.31. The van der Waals surface area contributed by atoms with Gasteiger partial charge in [0.1, 0.15) is 6.04 Å². The maximum atomic E-state index is 11.7. The summed E-state index contributed by atoms with van der Waals surface area (Å²) in [5.41, 5.74) is 10.1. The lowest BCUT2D eigenvalue weighted by Gasteiger charge is -2.19. The summed E-state index contributed by atoms with van der Waals surface area (Å²) in [5.74, 6) is -0.285. The average molecular weight is 251 g/mol. The highest BCUT2D eigenvalue weighted by atomic mass is 16.1. The summed E-state index contributed by atoms with van der Waals surface area (Å²) in [7, 11) is 0. The third-order valence-electron chi connectivity index (χ3n) is 3.37. The fourth-order valence-corrected chi connectivity index (χ4v) is 2.23. The van der Waals surface area contributed by atoms with Gasteiger partial charge in [-0.2, -0.15) is 5.11 Å². The molecular formula is C15H13N3O. The number of azo groups is 1. The van der Waals surface area contributed by atoms with Gasteiger partial charge < -0.3 is 5.73 Å². The van der Waals surface area contributed by atoms with E-state index in [0.717, 1.165) is 22.4 Å². The Morgan fingerprint density at radius 1 is 1.16 bits per heavy atom. The van der Waals surface area contributed by atoms with Crippen molar-refractivity contribution in [2.45, 2.75) is 13.0 Å². The van der Waals surface area contributed by atoms with Crippen LogP contribution in [0.3, 0.4) is 0 Å². The van der Waals surface area contributed by atoms with E-state index in [1.165, 1.54) is 0 Å². The van der Waals surface area contributed by atoms with Crippen molar-refractivity contribution in [3.8, 4) is 0 Å². The molecule has 4 heteroatoms. The van der Waals surface area contributed by atoms with Gasteiger partial charge in [-0.25, -0.2) is 0 Å². The standard InChI is InChI=1S/C15H13N3O/c1-9-6-7-10(8-13(9)16)14-11-4-2-3-5-12(11)15(19)18-17-14/h2-8,14H,16H2,1H3. The van der Waals surface area contributed by atoms with Crippen LogP contribution >= 0.6 is 0 Å². The van der Waals surface area contributed by atoms with Gasteiger partial charge in [0.25, 0.3) is 5.91 Å². The highest BCUT2D eigenvalue weighted by Gasteiger charge is 2.24. The van der Waals surface area contributed by atoms with Crippen LogP contribution in [0.2, 0.25) is 0 Å². The van der Waals surface area contributed by atoms with Gasteiger partial charge in [-0.15, -0.1) is 5.11 Å². The van der Waals surface area contributed by atoms with Gasteiger partial charge in [-0.3, -0.25) is 4.79 Å². The summed E-state index contributed by atoms with van der Waals surface area (Å²) in [6, 6.07) is 13.0. The van der Waals surface area contributed by atoms with Gasteiger partial charge >= 0.3 is 0 Å². The van der Waals surface area contributed by atoms with Crippen LogP contribution in [-0.2, 0) is 0 Å². The second-order valence-electron chi connectivity index (χ2n) is 4.63. The number of amides is 1. The zero-order valence-corrected chi connectivity index (χ0v) is 10.5. The number of carbonyl (C=O) groups is 1. The van der Waals surface area contributed by atoms with Crippen molar-refractivity contribution in [3.05, 3.63) is 64.7 Å². The fraction of sp³-hybridized carbons (Fsp3) is 0.133. The van der Waals surface area contributed by atoms with Gasteiger partial charge in [0.2, 0.25) is 0 Å². The molecule has 0 fully saturated rings. The average Bonchev–Trinajstić information content (AvgIpc) is 2.43. The van der Waals surface area contributed by atoms with E-state index in [9.17, 15) is 4.79 Å². The Morgan fingerprint density at radius 2 is 1.95 bits per heavy atom. The first kappa shape index (κ1) is 11.6. The number of rotatable bonds is 1. The Labute approximate surface area is 111 Å². The summed E-state index contributed by atoms with van der Waals surface area (Å²) in [5, 5.41) is 7.84. The number of hydrogen-bond donors (Lipinski definition) is 1. The molecule has 1 heterocycles. The Morgan fingerprint density at radius 3 is 2.74 bits per heavy atom. The van der Waals surface area contributed by atoms with E-state index in [0.29, 0.717) is 5.56 Å². The Bertz CT molecular complexity index is 692. The SMILES string of the molecule is Cc1ccc(C2N=NC(=O)c3ccccc32)cc1N. The number of nitrogens with two attached hydrogens (primary N) is 1. The summed E-state index contributed by atoms with van der Waals surface area (Å²) in [4.78, 5) is 11.7. The molecule has 1 atom stereocenters. The molecule has 3 rings (SSSR count). The van der Waals surface area contributed by atoms with Crippen molar-refractivity contribution >= 4 is 11.6 Å². The Kier molecular flexibility index (Phi) is 2.63. The number of anilines is 1. The quantitative estimate of drug-likeness (QED) is 0.790. The molecule has 2 N–H and O–H groups in total. The summed E-state index contributed by atoms with van der Waals surface area (Å²) >= 11 is 0. The predicted octanol–water partition coefficient (Wildman–Crippen LogP) is 3.27. The minimum Gasteiger partial charge on any atom is -0.399 e. The summed E-state index contributed by atoms with van der Waals surface area (Å²) < 4.78 is 0. The number of aryl methyl sites for hydroxylation is 1. The normalized spacial score (nSPS) is 17.3. The summed E-state index contributed by atoms with van der Waals surface area (Å²) in [6.07, 6.45) is 0. The number of fused-ring (bicyclic) bond motifs is 1. The molecule has 0 aromatic heterocycles. The predicted molar refractivity (Wildman–Crippen MR) is 73.1 cm³/mol. The van der Waals surface area contributed by atoms with Gasteiger partial charge in [-0.05, 0) is 35.7 Å². The molecule has 0 aliphatic carbocycles. The zero-order valence-electron chi connectivity index (χ0n) is 10.5. The number of nitrogen functional groups attached to an aromatic ring is 1. The minimum atomic E-state index is -0.285. The molecule has 1 unspecified atom stereocenters. The lowest BCUT2D eigenvalue weighted by atomic mass is 9.93. The molecule has 1 aliphatic heterocycles. The van der Waals surface area contributed by atoms with E-state index in [1.807, 2.05) is 43.3 Å². The molecule has 4 nitrogen and oxygen atoms in total. The first-order valence-corrected chi connectivity index (χ1v) is 6.07. The van der Waals surface area contributed by atoms with Crippen molar-refractivity contribution in [1.82, 2.24) is 0 Å². The van der Waals surface area contributed by atoms with Gasteiger partial charge in [0.15, 0.2) is 0 Å². The molecule has 0 spiro atoms. The van der Waals surface area contributed by atoms with Crippen LogP contribution in [-0.4, -0.2) is 5.91 Å². The van der Waals surface area contributed by atoms with Crippen molar-refractivity contribution in [2.75, 3.05) is 5.73 Å². The lowest BCUT2D eigenvalue weighted by Crippen LogP contribution is -2.11. The number of hydrogen-bond acceptors (Lipinski definition) is 3. The van der Waals surface area contributed by atoms with Crippen LogP contribution in [0.1, 0.15) is 33.1 Å². The van der Waals surface area contributed by atoms with Gasteiger partial charge in [0.05, 0.1) is 0 Å². The highest BCUT2D eigenvalue weighted by molar-refractivity contribution is 5.97. The molecular weight excluding hydrogens is 238 g/mol. The van der Waals surface area contributed by atoms with E-state index in [2.05, 4.69) is 10.2 Å². The molecule has 2 aromatic rings. The van der Waals surface area contributed by atoms with Gasteiger partial charge in [-0.1, -0.05) is 30.3 Å². The number of nitrogens with zero attached hydrogens (tertiary/aromatic N) is 2. The van der Waals surface area contributed by atoms with Crippen LogP contribution in [0.25, 0.3) is 0 Å². The van der Waals surface area contributed by atoms with Gasteiger partial charge in [0, 0.05) is 11.3 Å². The topological polar surface area (TPSA) is 67.8 Å². The van der Waals surface area contributed by atoms with Crippen LogP contribution in [0.4, 0.5) is 5.69 Å². The molecule has 2 aromatic carbocycles. The summed E-state index contributed by atoms with van der Waals surface area (Å²) in [6.45, 7) is 1.96. The lowest BCUT2D eigenvalue weighted by molar-refractivity contribution is 0.0986. The van der Waals surface area contributed by atoms with E-state index in [4.69, 9.17) is 5.73 Å². The maximum absolute atomic E-state index is 11.7. The van der Waals surface area contributed by atoms with Crippen molar-refractivity contribution < 1.29 is 4.79 Å². The molecule has 0 radical (unpaired) electrons. The molecule has 0 saturated carbocycles. The van der Waals surface area contributed by atoms with Crippen LogP contribution in [0, 0.1) is 6.92 Å². The van der Waals surface area contributed by atoms with E-state index < -0.39 is 0 Å². The van der Waals surface area contributed by atoms with Crippen LogP contribution < -0.4 is 5.73 Å². The molecule has 1 amide bonds. The molecule has 0 saturated heterocycles. The minimum absolute atomic E-state index is 0.253. The second-order valence-corrected chi connectivity index (χ2v) is 4.63. The first-order valence-electron chi connectivity index (χ1n) is 6.07. The monoisotopic (exact) mass is 251 g/mol. The van der Waals surface area contributed by atoms with Crippen molar-refractivity contribution in [1.29, 1.82) is 0 Å². The van der Waals surface area contributed by atoms with E-state index in [-0.39, 0.29) is 11.9 Å². The van der Waals surface area contributed by atoms with Crippen LogP contribution in [0.5, 0.6) is 0 Å². The number of benzene rings is 2. The smallest absolute Gasteiger partial charge is 0.295 e. The number of carbonyl (C=O) groups excluding carboxylic acids is 1. The highest BCUT2D eigenvalue weighted by Crippen LogP contribution is 2.33. The molecule has 1 aliphatic rings. The third kappa shape index (κ3) is 1.91. The molecule has 19 heavy (non-hydrogen) atoms. The van der Waals surface area contributed by atoms with E-state index in [1.54, 1.807) is 6.07 Å². The van der Waals surface area contributed by atoms with E-state index >= 15 is 0 Å². The fourth-order valence-electron chi connectivity index (χ4n) is 2.23. The van der Waals surface area contributed by atoms with Crippen LogP contribution in [0.15, 0.2) is 52.7 Å². The first-order chi connectivity index (χ1) is 9.16. The molecule has 94 valence electrons. The van der Waals surface area contributed by atoms with Crippen molar-refractivity contribution in [2.24, 2.45) is 10.2 Å². The maximum Gasteiger partial charge on any atom is 0.295 e. The zero-order chi connectivity index (χ0) is 13.4. The van der Waals surface area contributed by atoms with Crippen molar-refractivity contribution in [3.63, 3.8) is 0 Å². The Hall–Kier alpha value is -2.49. The largest absolute Gasteiger partial charge is 0.399 e. The Balaban J connectivity index is 2.13. The molecule has 0 bridgehead atoms.